The number of hydrogen-bond donors (Lipinski definition) is 0. The lowest BCUT2D eigenvalue weighted by atomic mass is 10.2. The third kappa shape index (κ3) is 1.69. The zero-order valence-electron chi connectivity index (χ0n) is 7.66. The molecular weight excluding hydrogens is 198 g/mol. The number of non-ortho nitro benzene ring substituents is 1. The molecule has 1 aromatic rings. The van der Waals surface area contributed by atoms with E-state index in [4.69, 9.17) is 0 Å². The minimum Gasteiger partial charge on any atom is -0.272 e. The fourth-order valence-corrected chi connectivity index (χ4v) is 1.30. The van der Waals surface area contributed by atoms with E-state index in [1.165, 1.54) is 24.4 Å². The molecule has 6 nitrogen and oxygen atoms in total. The Labute approximate surface area is 85.0 Å². The summed E-state index contributed by atoms with van der Waals surface area (Å²) >= 11 is 0. The Morgan fingerprint density at radius 2 is 2.27 bits per heavy atom. The van der Waals surface area contributed by atoms with Crippen molar-refractivity contribution in [3.63, 3.8) is 0 Å². The van der Waals surface area contributed by atoms with Gasteiger partial charge in [0, 0.05) is 18.3 Å². The Hall–Kier alpha value is -2.24. The summed E-state index contributed by atoms with van der Waals surface area (Å²) in [6.07, 6.45) is 1.71. The van der Waals surface area contributed by atoms with Gasteiger partial charge in [-0.1, -0.05) is 6.07 Å². The predicted molar refractivity (Wildman–Crippen MR) is 53.7 cm³/mol. The summed E-state index contributed by atoms with van der Waals surface area (Å²) < 4.78 is 0. The molecule has 15 heavy (non-hydrogen) atoms. The summed E-state index contributed by atoms with van der Waals surface area (Å²) in [6.45, 7) is 0. The molecule has 0 aliphatic carbocycles. The first kappa shape index (κ1) is 9.32. The highest BCUT2D eigenvalue weighted by molar-refractivity contribution is 6.05. The van der Waals surface area contributed by atoms with E-state index in [9.17, 15) is 14.9 Å². The van der Waals surface area contributed by atoms with Gasteiger partial charge in [-0.15, -0.1) is 0 Å². The topological polar surface area (TPSA) is 75.8 Å². The number of nitrogens with zero attached hydrogens (tertiary/aromatic N) is 3. The van der Waals surface area contributed by atoms with Crippen molar-refractivity contribution in [2.24, 2.45) is 5.10 Å². The molecule has 0 N–H and O–H groups in total. The molecule has 1 aromatic carbocycles. The second kappa shape index (κ2) is 3.49. The van der Waals surface area contributed by atoms with Gasteiger partial charge in [0.05, 0.1) is 17.0 Å². The Bertz CT molecular complexity index is 456. The lowest BCUT2D eigenvalue weighted by Crippen LogP contribution is -2.19. The first-order chi connectivity index (χ1) is 7.18. The zero-order valence-corrected chi connectivity index (χ0v) is 7.66. The Balaban J connectivity index is 2.36. The summed E-state index contributed by atoms with van der Waals surface area (Å²) in [7, 11) is 0. The highest BCUT2D eigenvalue weighted by Gasteiger charge is 2.20. The SMILES string of the molecule is O=C1CC=NN1c1cccc([N+](=O)[O-])c1. The average Bonchev–Trinajstić information content (AvgIpc) is 2.64. The molecule has 0 aromatic heterocycles. The molecule has 1 amide bonds. The molecule has 0 saturated carbocycles. The number of nitro benzene ring substituents is 1. The molecule has 1 heterocycles. The predicted octanol–water partition coefficient (Wildman–Crippen LogP) is 1.32. The largest absolute Gasteiger partial charge is 0.272 e. The minimum absolute atomic E-state index is 0.0533. The molecule has 0 spiro atoms. The van der Waals surface area contributed by atoms with E-state index in [-0.39, 0.29) is 18.0 Å². The second-order valence-electron chi connectivity index (χ2n) is 2.98. The number of nitro groups is 1. The fourth-order valence-electron chi connectivity index (χ4n) is 1.30. The minimum atomic E-state index is -0.506. The monoisotopic (exact) mass is 205 g/mol. The van der Waals surface area contributed by atoms with Crippen LogP contribution in [0.5, 0.6) is 0 Å². The van der Waals surface area contributed by atoms with Gasteiger partial charge in [0.15, 0.2) is 0 Å². The molecule has 1 aliphatic rings. The molecule has 6 heteroatoms. The van der Waals surface area contributed by atoms with Crippen molar-refractivity contribution in [3.05, 3.63) is 34.4 Å². The molecule has 0 saturated heterocycles. The molecule has 0 unspecified atom stereocenters. The maximum absolute atomic E-state index is 11.3. The van der Waals surface area contributed by atoms with Crippen LogP contribution >= 0.6 is 0 Å². The van der Waals surface area contributed by atoms with Crippen molar-refractivity contribution in [3.8, 4) is 0 Å². The number of hydrogen-bond acceptors (Lipinski definition) is 4. The molecule has 1 aliphatic heterocycles. The van der Waals surface area contributed by atoms with Gasteiger partial charge in [-0.2, -0.15) is 5.10 Å². The van der Waals surface area contributed by atoms with Gasteiger partial charge in [0.1, 0.15) is 0 Å². The van der Waals surface area contributed by atoms with Gasteiger partial charge >= 0.3 is 0 Å². The van der Waals surface area contributed by atoms with Crippen LogP contribution in [0.4, 0.5) is 11.4 Å². The Morgan fingerprint density at radius 1 is 1.47 bits per heavy atom. The number of benzene rings is 1. The van der Waals surface area contributed by atoms with Crippen LogP contribution in [0.1, 0.15) is 6.42 Å². The normalized spacial score (nSPS) is 14.7. The summed E-state index contributed by atoms with van der Waals surface area (Å²) in [5.74, 6) is -0.185. The first-order valence-electron chi connectivity index (χ1n) is 4.28. The highest BCUT2D eigenvalue weighted by Crippen LogP contribution is 2.23. The van der Waals surface area contributed by atoms with Crippen molar-refractivity contribution in [1.82, 2.24) is 0 Å². The lowest BCUT2D eigenvalue weighted by Gasteiger charge is -2.10. The van der Waals surface area contributed by atoms with E-state index in [1.54, 1.807) is 6.07 Å². The van der Waals surface area contributed by atoms with Crippen LogP contribution in [0.2, 0.25) is 0 Å². The molecule has 0 fully saturated rings. The molecular formula is C9H7N3O3. The van der Waals surface area contributed by atoms with E-state index in [2.05, 4.69) is 5.10 Å². The summed E-state index contributed by atoms with van der Waals surface area (Å²) in [5, 5.41) is 15.5. The molecule has 0 atom stereocenters. The van der Waals surface area contributed by atoms with Crippen LogP contribution in [-0.4, -0.2) is 17.0 Å². The van der Waals surface area contributed by atoms with E-state index in [1.807, 2.05) is 0 Å². The number of carbonyl (C=O) groups is 1. The van der Waals surface area contributed by atoms with Crippen molar-refractivity contribution < 1.29 is 9.72 Å². The standard InChI is InChI=1S/C9H7N3O3/c13-9-4-5-10-11(9)7-2-1-3-8(6-7)12(14)15/h1-3,5-6H,4H2. The fraction of sp³-hybridized carbons (Fsp3) is 0.111. The summed E-state index contributed by atoms with van der Waals surface area (Å²) in [4.78, 5) is 21.3. The Kier molecular flexibility index (Phi) is 2.17. The van der Waals surface area contributed by atoms with Crippen molar-refractivity contribution in [2.45, 2.75) is 6.42 Å². The summed E-state index contributed by atoms with van der Waals surface area (Å²) in [6, 6.07) is 5.82. The zero-order chi connectivity index (χ0) is 10.8. The van der Waals surface area contributed by atoms with Gasteiger partial charge in [-0.3, -0.25) is 14.9 Å². The maximum Gasteiger partial charge on any atom is 0.271 e. The van der Waals surface area contributed by atoms with Gasteiger partial charge in [-0.25, -0.2) is 5.01 Å². The van der Waals surface area contributed by atoms with Gasteiger partial charge in [-0.05, 0) is 6.07 Å². The van der Waals surface area contributed by atoms with E-state index in [0.29, 0.717) is 5.69 Å². The summed E-state index contributed by atoms with van der Waals surface area (Å²) in [5.41, 5.74) is 0.366. The second-order valence-corrected chi connectivity index (χ2v) is 2.98. The molecule has 0 bridgehead atoms. The highest BCUT2D eigenvalue weighted by atomic mass is 16.6. The van der Waals surface area contributed by atoms with E-state index < -0.39 is 4.92 Å². The number of amides is 1. The smallest absolute Gasteiger partial charge is 0.271 e. The van der Waals surface area contributed by atoms with Crippen LogP contribution in [0.15, 0.2) is 29.4 Å². The Morgan fingerprint density at radius 3 is 2.87 bits per heavy atom. The number of hydrazone groups is 1. The molecule has 0 radical (unpaired) electrons. The van der Waals surface area contributed by atoms with E-state index >= 15 is 0 Å². The van der Waals surface area contributed by atoms with Crippen LogP contribution in [0.3, 0.4) is 0 Å². The van der Waals surface area contributed by atoms with Crippen molar-refractivity contribution in [2.75, 3.05) is 5.01 Å². The van der Waals surface area contributed by atoms with Gasteiger partial charge in [0.2, 0.25) is 0 Å². The van der Waals surface area contributed by atoms with Gasteiger partial charge < -0.3 is 0 Å². The van der Waals surface area contributed by atoms with Crippen LogP contribution < -0.4 is 5.01 Å². The third-order valence-corrected chi connectivity index (χ3v) is 1.98. The van der Waals surface area contributed by atoms with Crippen molar-refractivity contribution >= 4 is 23.5 Å². The van der Waals surface area contributed by atoms with E-state index in [0.717, 1.165) is 5.01 Å². The van der Waals surface area contributed by atoms with Crippen LogP contribution in [0.25, 0.3) is 0 Å². The quantitative estimate of drug-likeness (QED) is 0.539. The number of anilines is 1. The average molecular weight is 205 g/mol. The number of carbonyl (C=O) groups excluding carboxylic acids is 1. The molecule has 2 rings (SSSR count). The van der Waals surface area contributed by atoms with Crippen molar-refractivity contribution in [1.29, 1.82) is 0 Å². The number of rotatable bonds is 2. The molecule has 76 valence electrons. The maximum atomic E-state index is 11.3. The lowest BCUT2D eigenvalue weighted by molar-refractivity contribution is -0.384. The van der Waals surface area contributed by atoms with Crippen LogP contribution in [0, 0.1) is 10.1 Å². The van der Waals surface area contributed by atoms with Crippen LogP contribution in [-0.2, 0) is 4.79 Å². The third-order valence-electron chi connectivity index (χ3n) is 1.98. The first-order valence-corrected chi connectivity index (χ1v) is 4.28. The van der Waals surface area contributed by atoms with Gasteiger partial charge in [0.25, 0.3) is 11.6 Å².